The highest BCUT2D eigenvalue weighted by molar-refractivity contribution is 7.92. The molecule has 1 atom stereocenters. The molecule has 4 rings (SSSR count). The second kappa shape index (κ2) is 15.3. The van der Waals surface area contributed by atoms with Crippen LogP contribution in [0.3, 0.4) is 0 Å². The van der Waals surface area contributed by atoms with Gasteiger partial charge in [0.2, 0.25) is 21.8 Å². The number of hydrogen-bond donors (Lipinski definition) is 1. The maximum Gasteiger partial charge on any atom is 0.243 e. The third-order valence-electron chi connectivity index (χ3n) is 7.78. The summed E-state index contributed by atoms with van der Waals surface area (Å²) < 4.78 is 31.8. The number of nitrogens with one attached hydrogen (secondary N) is 1. The normalized spacial score (nSPS) is 14.2. The Hall–Kier alpha value is -3.56. The first-order valence-electron chi connectivity index (χ1n) is 14.6. The van der Waals surface area contributed by atoms with Crippen LogP contribution in [0, 0.1) is 0 Å². The van der Waals surface area contributed by atoms with Crippen molar-refractivity contribution in [2.75, 3.05) is 24.2 Å². The Balaban J connectivity index is 1.58. The molecule has 0 saturated heterocycles. The van der Waals surface area contributed by atoms with Crippen molar-refractivity contribution in [1.29, 1.82) is 0 Å². The molecule has 0 aromatic heterocycles. The number of anilines is 1. The molecule has 43 heavy (non-hydrogen) atoms. The third kappa shape index (κ3) is 9.21. The summed E-state index contributed by atoms with van der Waals surface area (Å²) in [6.45, 7) is 0.261. The van der Waals surface area contributed by atoms with Crippen molar-refractivity contribution in [3.8, 4) is 5.75 Å². The molecule has 1 saturated carbocycles. The predicted molar refractivity (Wildman–Crippen MR) is 171 cm³/mol. The number of hydrogen-bond acceptors (Lipinski definition) is 5. The highest BCUT2D eigenvalue weighted by Gasteiger charge is 2.32. The molecule has 8 nitrogen and oxygen atoms in total. The average Bonchev–Trinajstić information content (AvgIpc) is 3.51. The van der Waals surface area contributed by atoms with Gasteiger partial charge in [0, 0.05) is 37.0 Å². The van der Waals surface area contributed by atoms with Gasteiger partial charge in [-0.1, -0.05) is 73.0 Å². The molecule has 0 aliphatic heterocycles. The van der Waals surface area contributed by atoms with E-state index in [4.69, 9.17) is 16.3 Å². The summed E-state index contributed by atoms with van der Waals surface area (Å²) in [4.78, 5) is 29.4. The van der Waals surface area contributed by atoms with Gasteiger partial charge in [0.05, 0.1) is 19.1 Å². The molecule has 0 radical (unpaired) electrons. The summed E-state index contributed by atoms with van der Waals surface area (Å²) in [5.74, 6) is 0.181. The molecule has 0 bridgehead atoms. The van der Waals surface area contributed by atoms with E-state index in [0.717, 1.165) is 43.1 Å². The van der Waals surface area contributed by atoms with Gasteiger partial charge in [0.25, 0.3) is 0 Å². The SMILES string of the molecule is COc1ccc(N(CCCC(=O)N(Cc2ccccc2Cl)[C@@H](Cc2ccccc2)C(=O)NC2CCCC2)S(C)(=O)=O)cc1. The van der Waals surface area contributed by atoms with Crippen molar-refractivity contribution in [3.05, 3.63) is 95.0 Å². The van der Waals surface area contributed by atoms with Crippen molar-refractivity contribution >= 4 is 39.1 Å². The van der Waals surface area contributed by atoms with Gasteiger partial charge >= 0.3 is 0 Å². The Bertz CT molecular complexity index is 1460. The lowest BCUT2D eigenvalue weighted by Gasteiger charge is -2.33. The van der Waals surface area contributed by atoms with Gasteiger partial charge in [-0.3, -0.25) is 13.9 Å². The van der Waals surface area contributed by atoms with Crippen LogP contribution in [-0.2, 0) is 32.6 Å². The molecule has 1 aliphatic rings. The van der Waals surface area contributed by atoms with Crippen LogP contribution in [0.1, 0.15) is 49.7 Å². The number of halogens is 1. The van der Waals surface area contributed by atoms with Gasteiger partial charge in [-0.2, -0.15) is 0 Å². The van der Waals surface area contributed by atoms with E-state index >= 15 is 0 Å². The lowest BCUT2D eigenvalue weighted by molar-refractivity contribution is -0.141. The second-order valence-electron chi connectivity index (χ2n) is 10.9. The van der Waals surface area contributed by atoms with E-state index in [2.05, 4.69) is 5.32 Å². The first kappa shape index (κ1) is 32.4. The minimum atomic E-state index is -3.61. The number of rotatable bonds is 14. The largest absolute Gasteiger partial charge is 0.497 e. The predicted octanol–water partition coefficient (Wildman–Crippen LogP) is 5.59. The van der Waals surface area contributed by atoms with E-state index in [0.29, 0.717) is 22.9 Å². The quantitative estimate of drug-likeness (QED) is 0.252. The zero-order chi connectivity index (χ0) is 30.8. The van der Waals surface area contributed by atoms with E-state index in [-0.39, 0.29) is 43.8 Å². The zero-order valence-electron chi connectivity index (χ0n) is 24.7. The van der Waals surface area contributed by atoms with Gasteiger partial charge in [-0.25, -0.2) is 8.42 Å². The van der Waals surface area contributed by atoms with Crippen molar-refractivity contribution in [2.24, 2.45) is 0 Å². The number of amides is 2. The monoisotopic (exact) mass is 625 g/mol. The van der Waals surface area contributed by atoms with Gasteiger partial charge in [0.1, 0.15) is 11.8 Å². The smallest absolute Gasteiger partial charge is 0.243 e. The number of methoxy groups -OCH3 is 1. The summed E-state index contributed by atoms with van der Waals surface area (Å²) in [6.07, 6.45) is 5.80. The molecule has 3 aromatic carbocycles. The third-order valence-corrected chi connectivity index (χ3v) is 9.35. The highest BCUT2D eigenvalue weighted by Crippen LogP contribution is 2.25. The van der Waals surface area contributed by atoms with Crippen LogP contribution in [-0.4, -0.2) is 57.1 Å². The van der Waals surface area contributed by atoms with Crippen LogP contribution in [0.5, 0.6) is 5.75 Å². The van der Waals surface area contributed by atoms with Gasteiger partial charge < -0.3 is 15.0 Å². The average molecular weight is 626 g/mol. The molecule has 1 fully saturated rings. The van der Waals surface area contributed by atoms with Gasteiger partial charge in [0.15, 0.2) is 0 Å². The lowest BCUT2D eigenvalue weighted by Crippen LogP contribution is -2.52. The maximum atomic E-state index is 14.0. The van der Waals surface area contributed by atoms with Crippen molar-refractivity contribution in [1.82, 2.24) is 10.2 Å². The molecule has 2 amide bonds. The molecule has 10 heteroatoms. The molecule has 0 spiro atoms. The number of carbonyl (C=O) groups excluding carboxylic acids is 2. The van der Waals surface area contributed by atoms with Crippen LogP contribution in [0.25, 0.3) is 0 Å². The van der Waals surface area contributed by atoms with E-state index in [1.54, 1.807) is 42.3 Å². The standard InChI is InChI=1S/C33H40ClN3O5S/c1-42-29-20-18-28(19-21-29)37(43(2,40)41)22-10-17-32(38)36(24-26-13-6-9-16-30(26)34)31(23-25-11-4-3-5-12-25)33(39)35-27-14-7-8-15-27/h3-6,9,11-13,16,18-21,27,31H,7-8,10,14-15,17,22-24H2,1-2H3,(H,35,39)/t31-/m0/s1. The summed E-state index contributed by atoms with van der Waals surface area (Å²) in [7, 11) is -2.06. The Morgan fingerprint density at radius 2 is 1.63 bits per heavy atom. The minimum Gasteiger partial charge on any atom is -0.497 e. The molecule has 1 N–H and O–H groups in total. The fourth-order valence-corrected chi connectivity index (χ4v) is 6.64. The summed E-state index contributed by atoms with van der Waals surface area (Å²) >= 11 is 6.52. The zero-order valence-corrected chi connectivity index (χ0v) is 26.3. The first-order chi connectivity index (χ1) is 20.7. The maximum absolute atomic E-state index is 14.0. The number of sulfonamides is 1. The highest BCUT2D eigenvalue weighted by atomic mass is 35.5. The number of ether oxygens (including phenoxy) is 1. The topological polar surface area (TPSA) is 96.0 Å². The minimum absolute atomic E-state index is 0.0502. The van der Waals surface area contributed by atoms with E-state index in [1.807, 2.05) is 48.5 Å². The van der Waals surface area contributed by atoms with Crippen LogP contribution in [0.2, 0.25) is 5.02 Å². The molecular formula is C33H40ClN3O5S. The molecule has 0 unspecified atom stereocenters. The molecular weight excluding hydrogens is 586 g/mol. The van der Waals surface area contributed by atoms with Crippen LogP contribution in [0.4, 0.5) is 5.69 Å². The summed E-state index contributed by atoms with van der Waals surface area (Å²) in [5.41, 5.74) is 2.16. The van der Waals surface area contributed by atoms with E-state index in [1.165, 1.54) is 4.31 Å². The van der Waals surface area contributed by atoms with Crippen LogP contribution >= 0.6 is 11.6 Å². The molecule has 3 aromatic rings. The lowest BCUT2D eigenvalue weighted by atomic mass is 10.0. The Morgan fingerprint density at radius 1 is 0.977 bits per heavy atom. The van der Waals surface area contributed by atoms with Gasteiger partial charge in [-0.15, -0.1) is 0 Å². The summed E-state index contributed by atoms with van der Waals surface area (Å²) in [5, 5.41) is 3.71. The Kier molecular flexibility index (Phi) is 11.5. The number of benzene rings is 3. The van der Waals surface area contributed by atoms with Gasteiger partial charge in [-0.05, 0) is 60.7 Å². The first-order valence-corrected chi connectivity index (χ1v) is 16.9. The fraction of sp³-hybridized carbons (Fsp3) is 0.394. The van der Waals surface area contributed by atoms with Crippen LogP contribution < -0.4 is 14.4 Å². The fourth-order valence-electron chi connectivity index (χ4n) is 5.48. The van der Waals surface area contributed by atoms with E-state index in [9.17, 15) is 18.0 Å². The number of carbonyl (C=O) groups is 2. The molecule has 0 heterocycles. The van der Waals surface area contributed by atoms with Crippen molar-refractivity contribution in [3.63, 3.8) is 0 Å². The summed E-state index contributed by atoms with van der Waals surface area (Å²) in [6, 6.07) is 23.0. The van der Waals surface area contributed by atoms with E-state index < -0.39 is 16.1 Å². The Morgan fingerprint density at radius 3 is 2.26 bits per heavy atom. The van der Waals surface area contributed by atoms with Crippen LogP contribution in [0.15, 0.2) is 78.9 Å². The molecule has 230 valence electrons. The second-order valence-corrected chi connectivity index (χ2v) is 13.3. The van der Waals surface area contributed by atoms with Crippen molar-refractivity contribution < 1.29 is 22.7 Å². The molecule has 1 aliphatic carbocycles. The number of nitrogens with zero attached hydrogens (tertiary/aromatic N) is 2. The Labute approximate surface area is 260 Å². The van der Waals surface area contributed by atoms with Crippen molar-refractivity contribution in [2.45, 2.75) is 63.6 Å².